The molecule has 5 rings (SSSR count). The minimum Gasteiger partial charge on any atom is -0.382 e. The van der Waals surface area contributed by atoms with Crippen LogP contribution < -0.4 is 15.8 Å². The molecule has 1 amide bonds. The number of aromatic nitrogens is 1. The molecule has 2 heterocycles. The Morgan fingerprint density at radius 3 is 2.39 bits per heavy atom. The number of nitrogens with zero attached hydrogens (tertiary/aromatic N) is 1. The number of nitrogens with one attached hydrogen (secondary N) is 2. The first-order valence-electron chi connectivity index (χ1n) is 12.9. The van der Waals surface area contributed by atoms with Crippen LogP contribution in [0.3, 0.4) is 0 Å². The summed E-state index contributed by atoms with van der Waals surface area (Å²) in [6, 6.07) is 9.82. The largest absolute Gasteiger partial charge is 0.382 e. The number of fused-ring (bicyclic) bond motifs is 3. The predicted octanol–water partition coefficient (Wildman–Crippen LogP) is 4.43. The van der Waals surface area contributed by atoms with Crippen molar-refractivity contribution in [1.82, 2.24) is 9.29 Å². The Morgan fingerprint density at radius 1 is 1.05 bits per heavy atom. The molecule has 0 atom stereocenters. The molecule has 4 N–H and O–H groups in total. The molecule has 1 fully saturated rings. The van der Waals surface area contributed by atoms with Gasteiger partial charge in [0.25, 0.3) is 5.91 Å². The zero-order valence-electron chi connectivity index (χ0n) is 21.8. The molecule has 1 aliphatic carbocycles. The van der Waals surface area contributed by atoms with Crippen molar-refractivity contribution in [2.45, 2.75) is 64.5 Å². The van der Waals surface area contributed by atoms with Crippen LogP contribution in [0, 0.1) is 11.2 Å². The second-order valence-corrected chi connectivity index (χ2v) is 13.2. The van der Waals surface area contributed by atoms with Crippen molar-refractivity contribution in [3.05, 3.63) is 53.5 Å². The first-order chi connectivity index (χ1) is 17.8. The summed E-state index contributed by atoms with van der Waals surface area (Å²) in [7, 11) is -3.27. The number of rotatable bonds is 6. The fourth-order valence-corrected chi connectivity index (χ4v) is 6.85. The van der Waals surface area contributed by atoms with Gasteiger partial charge in [0.05, 0.1) is 17.3 Å². The Morgan fingerprint density at radius 2 is 1.74 bits per heavy atom. The van der Waals surface area contributed by atoms with Crippen molar-refractivity contribution in [2.24, 2.45) is 11.1 Å². The van der Waals surface area contributed by atoms with E-state index in [-0.39, 0.29) is 23.4 Å². The van der Waals surface area contributed by atoms with Crippen molar-refractivity contribution < 1.29 is 22.4 Å². The fourth-order valence-electron chi connectivity index (χ4n) is 6.00. The zero-order valence-corrected chi connectivity index (χ0v) is 22.6. The standard InChI is InChI=1S/C28H33FN4O4S/c1-28(2)14-24-26(21-11-5-17(29)13-23(21)33(24)25(34)15-28)16-4-10-20(27(30)35)22(12-16)31-18-6-8-19(9-7-18)32-38(3,36)37/h4-5,10-13,18-19,31-32H,6-9,14-15H2,1-3H3,(H2,30,35)/t18-,19-. The minimum atomic E-state index is -3.27. The molecule has 0 bridgehead atoms. The normalized spacial score (nSPS) is 21.3. The Kier molecular flexibility index (Phi) is 6.59. The van der Waals surface area contributed by atoms with Crippen LogP contribution in [0.2, 0.25) is 0 Å². The maximum Gasteiger partial charge on any atom is 0.250 e. The van der Waals surface area contributed by atoms with Crippen LogP contribution >= 0.6 is 0 Å². The van der Waals surface area contributed by atoms with E-state index in [4.69, 9.17) is 5.73 Å². The highest BCUT2D eigenvalue weighted by atomic mass is 32.2. The van der Waals surface area contributed by atoms with E-state index in [0.717, 1.165) is 41.3 Å². The summed E-state index contributed by atoms with van der Waals surface area (Å²) in [6.07, 6.45) is 4.97. The van der Waals surface area contributed by atoms with Crippen LogP contribution in [0.1, 0.15) is 66.8 Å². The lowest BCUT2D eigenvalue weighted by molar-refractivity contribution is 0.0816. The molecule has 1 aliphatic heterocycles. The van der Waals surface area contributed by atoms with Crippen molar-refractivity contribution in [3.8, 4) is 11.1 Å². The maximum atomic E-state index is 14.3. The van der Waals surface area contributed by atoms with Crippen LogP contribution in [0.15, 0.2) is 36.4 Å². The van der Waals surface area contributed by atoms with Crippen molar-refractivity contribution in [1.29, 1.82) is 0 Å². The number of anilines is 1. The van der Waals surface area contributed by atoms with Gasteiger partial charge in [0.2, 0.25) is 15.9 Å². The Hall–Kier alpha value is -3.24. The van der Waals surface area contributed by atoms with Crippen molar-refractivity contribution >= 4 is 38.4 Å². The van der Waals surface area contributed by atoms with Gasteiger partial charge in [-0.3, -0.25) is 14.2 Å². The molecule has 0 saturated heterocycles. The van der Waals surface area contributed by atoms with Crippen LogP contribution in [-0.4, -0.2) is 43.1 Å². The molecule has 202 valence electrons. The Balaban J connectivity index is 1.55. The van der Waals surface area contributed by atoms with E-state index >= 15 is 0 Å². The lowest BCUT2D eigenvalue weighted by Crippen LogP contribution is -2.39. The molecule has 38 heavy (non-hydrogen) atoms. The topological polar surface area (TPSA) is 123 Å². The molecule has 0 radical (unpaired) electrons. The second kappa shape index (κ2) is 9.50. The molecule has 3 aromatic rings. The van der Waals surface area contributed by atoms with E-state index in [1.165, 1.54) is 12.1 Å². The van der Waals surface area contributed by atoms with E-state index in [2.05, 4.69) is 23.9 Å². The molecule has 10 heteroatoms. The van der Waals surface area contributed by atoms with Crippen LogP contribution in [-0.2, 0) is 16.4 Å². The number of carbonyl (C=O) groups is 2. The van der Waals surface area contributed by atoms with Gasteiger partial charge in [0.1, 0.15) is 5.82 Å². The predicted molar refractivity (Wildman–Crippen MR) is 146 cm³/mol. The quantitative estimate of drug-likeness (QED) is 0.427. The van der Waals surface area contributed by atoms with Gasteiger partial charge < -0.3 is 11.1 Å². The number of sulfonamides is 1. The molecule has 0 unspecified atom stereocenters. The van der Waals surface area contributed by atoms with E-state index in [9.17, 15) is 22.4 Å². The van der Waals surface area contributed by atoms with Gasteiger partial charge in [-0.05, 0) is 73.4 Å². The molecule has 2 aliphatic rings. The third kappa shape index (κ3) is 5.19. The van der Waals surface area contributed by atoms with E-state index in [0.29, 0.717) is 42.5 Å². The van der Waals surface area contributed by atoms with Gasteiger partial charge in [-0.25, -0.2) is 17.5 Å². The van der Waals surface area contributed by atoms with Crippen molar-refractivity contribution in [3.63, 3.8) is 0 Å². The highest BCUT2D eigenvalue weighted by Gasteiger charge is 2.35. The van der Waals surface area contributed by atoms with Crippen LogP contribution in [0.5, 0.6) is 0 Å². The first-order valence-corrected chi connectivity index (χ1v) is 14.7. The molecular formula is C28H33FN4O4S. The second-order valence-electron chi connectivity index (χ2n) is 11.4. The minimum absolute atomic E-state index is 0.0373. The molecular weight excluding hydrogens is 507 g/mol. The number of primary amides is 1. The number of hydrogen-bond donors (Lipinski definition) is 3. The van der Waals surface area contributed by atoms with Gasteiger partial charge >= 0.3 is 0 Å². The first kappa shape index (κ1) is 26.4. The average molecular weight is 541 g/mol. The number of amides is 1. The van der Waals surface area contributed by atoms with E-state index in [1.54, 1.807) is 16.7 Å². The molecule has 1 aromatic heterocycles. The third-order valence-corrected chi connectivity index (χ3v) is 8.36. The number of halogens is 1. The van der Waals surface area contributed by atoms with Crippen LogP contribution in [0.4, 0.5) is 10.1 Å². The summed E-state index contributed by atoms with van der Waals surface area (Å²) in [5, 5.41) is 4.24. The monoisotopic (exact) mass is 540 g/mol. The van der Waals surface area contributed by atoms with Gasteiger partial charge in [-0.1, -0.05) is 19.9 Å². The van der Waals surface area contributed by atoms with Gasteiger partial charge in [-0.2, -0.15) is 0 Å². The number of carbonyl (C=O) groups excluding carboxylic acids is 2. The SMILES string of the molecule is CC1(C)CC(=O)n2c(c(-c3ccc(C(N)=O)c(N[C@H]4CC[C@H](NS(C)(=O)=O)CC4)c3)c3ccc(F)cc32)C1. The van der Waals surface area contributed by atoms with E-state index in [1.807, 2.05) is 12.1 Å². The average Bonchev–Trinajstić information content (AvgIpc) is 3.11. The van der Waals surface area contributed by atoms with Gasteiger partial charge in [-0.15, -0.1) is 0 Å². The molecule has 1 saturated carbocycles. The zero-order chi connectivity index (χ0) is 27.4. The summed E-state index contributed by atoms with van der Waals surface area (Å²) in [6.45, 7) is 4.10. The lowest BCUT2D eigenvalue weighted by Gasteiger charge is -2.31. The Bertz CT molecular complexity index is 1550. The smallest absolute Gasteiger partial charge is 0.250 e. The highest BCUT2D eigenvalue weighted by Crippen LogP contribution is 2.43. The third-order valence-electron chi connectivity index (χ3n) is 7.59. The summed E-state index contributed by atoms with van der Waals surface area (Å²) >= 11 is 0. The lowest BCUT2D eigenvalue weighted by atomic mass is 9.80. The number of hydrogen-bond acceptors (Lipinski definition) is 5. The van der Waals surface area contributed by atoms with Crippen LogP contribution in [0.25, 0.3) is 22.0 Å². The maximum absolute atomic E-state index is 14.3. The molecule has 8 nitrogen and oxygen atoms in total. The highest BCUT2D eigenvalue weighted by molar-refractivity contribution is 7.88. The van der Waals surface area contributed by atoms with E-state index < -0.39 is 21.7 Å². The van der Waals surface area contributed by atoms with Crippen molar-refractivity contribution in [2.75, 3.05) is 11.6 Å². The summed E-state index contributed by atoms with van der Waals surface area (Å²) in [5.74, 6) is -1.03. The summed E-state index contributed by atoms with van der Waals surface area (Å²) in [4.78, 5) is 25.5. The van der Waals surface area contributed by atoms with Gasteiger partial charge in [0, 0.05) is 40.8 Å². The number of nitrogens with two attached hydrogens (primary N) is 1. The Labute approximate surface area is 221 Å². The summed E-state index contributed by atoms with van der Waals surface area (Å²) < 4.78 is 41.8. The number of benzene rings is 2. The fraction of sp³-hybridized carbons (Fsp3) is 0.429. The molecule has 2 aromatic carbocycles. The summed E-state index contributed by atoms with van der Waals surface area (Å²) in [5.41, 5.74) is 9.43. The molecule has 0 spiro atoms. The van der Waals surface area contributed by atoms with Gasteiger partial charge in [0.15, 0.2) is 0 Å².